The lowest BCUT2D eigenvalue weighted by molar-refractivity contribution is -0.148. The van der Waals surface area contributed by atoms with Gasteiger partial charge in [-0.2, -0.15) is 0 Å². The summed E-state index contributed by atoms with van der Waals surface area (Å²) in [5.41, 5.74) is -0.152. The van der Waals surface area contributed by atoms with E-state index < -0.39 is 0 Å². The molecule has 0 aromatic rings. The van der Waals surface area contributed by atoms with Gasteiger partial charge >= 0.3 is 0 Å². The van der Waals surface area contributed by atoms with E-state index in [0.717, 1.165) is 71.3 Å². The third-order valence-electron chi connectivity index (χ3n) is 4.72. The van der Waals surface area contributed by atoms with Gasteiger partial charge in [0.25, 0.3) is 0 Å². The number of carbonyl (C=O) groups excluding carboxylic acids is 1. The van der Waals surface area contributed by atoms with E-state index in [1.165, 1.54) is 0 Å². The molecule has 4 heteroatoms. The number of piperidine rings is 2. The zero-order valence-corrected chi connectivity index (χ0v) is 13.1. The first-order chi connectivity index (χ1) is 9.72. The average Bonchev–Trinajstić information content (AvgIpc) is 2.48. The van der Waals surface area contributed by atoms with Crippen molar-refractivity contribution in [3.8, 4) is 0 Å². The number of amides is 1. The summed E-state index contributed by atoms with van der Waals surface area (Å²) in [5.74, 6) is 0.371. The third kappa shape index (κ3) is 3.53. The maximum absolute atomic E-state index is 13.0. The molecule has 0 aromatic heterocycles. The van der Waals surface area contributed by atoms with Crippen LogP contribution in [0.1, 0.15) is 52.4 Å². The van der Waals surface area contributed by atoms with E-state index in [1.54, 1.807) is 0 Å². The number of hydrogen-bond donors (Lipinski definition) is 1. The SMILES string of the molecule is CCCC1(C(=O)N2CCCC(OCC)C2)CCCNC1. The first kappa shape index (κ1) is 15.8. The second-order valence-electron chi connectivity index (χ2n) is 6.28. The van der Waals surface area contributed by atoms with Crippen molar-refractivity contribution in [2.75, 3.05) is 32.8 Å². The molecule has 2 fully saturated rings. The highest BCUT2D eigenvalue weighted by Gasteiger charge is 2.42. The standard InChI is InChI=1S/C16H30N2O2/c1-3-8-16(9-6-10-17-13-16)15(19)18-11-5-7-14(12-18)20-4-2/h14,17H,3-13H2,1-2H3. The molecule has 2 unspecified atom stereocenters. The van der Waals surface area contributed by atoms with Gasteiger partial charge in [0.15, 0.2) is 0 Å². The van der Waals surface area contributed by atoms with Crippen LogP contribution in [0.5, 0.6) is 0 Å². The smallest absolute Gasteiger partial charge is 0.230 e. The number of likely N-dealkylation sites (tertiary alicyclic amines) is 1. The van der Waals surface area contributed by atoms with E-state index in [4.69, 9.17) is 4.74 Å². The maximum atomic E-state index is 13.0. The molecule has 20 heavy (non-hydrogen) atoms. The molecule has 0 aromatic carbocycles. The molecule has 0 saturated carbocycles. The number of rotatable bonds is 5. The van der Waals surface area contributed by atoms with Crippen LogP contribution in [0.4, 0.5) is 0 Å². The fourth-order valence-electron chi connectivity index (χ4n) is 3.78. The Morgan fingerprint density at radius 1 is 1.40 bits per heavy atom. The Morgan fingerprint density at radius 3 is 2.90 bits per heavy atom. The minimum atomic E-state index is -0.152. The van der Waals surface area contributed by atoms with Crippen LogP contribution >= 0.6 is 0 Å². The zero-order valence-electron chi connectivity index (χ0n) is 13.1. The van der Waals surface area contributed by atoms with Crippen molar-refractivity contribution in [3.63, 3.8) is 0 Å². The highest BCUT2D eigenvalue weighted by molar-refractivity contribution is 5.83. The molecule has 4 nitrogen and oxygen atoms in total. The van der Waals surface area contributed by atoms with Crippen molar-refractivity contribution in [3.05, 3.63) is 0 Å². The fraction of sp³-hybridized carbons (Fsp3) is 0.938. The summed E-state index contributed by atoms with van der Waals surface area (Å²) in [4.78, 5) is 15.1. The predicted molar refractivity (Wildman–Crippen MR) is 80.7 cm³/mol. The minimum absolute atomic E-state index is 0.152. The van der Waals surface area contributed by atoms with Gasteiger partial charge in [0.1, 0.15) is 0 Å². The first-order valence-corrected chi connectivity index (χ1v) is 8.33. The van der Waals surface area contributed by atoms with Crippen molar-refractivity contribution >= 4 is 5.91 Å². The van der Waals surface area contributed by atoms with Gasteiger partial charge in [-0.05, 0) is 45.6 Å². The summed E-state index contributed by atoms with van der Waals surface area (Å²) in [6.45, 7) is 8.57. The number of ether oxygens (including phenoxy) is 1. The van der Waals surface area contributed by atoms with Gasteiger partial charge in [-0.25, -0.2) is 0 Å². The largest absolute Gasteiger partial charge is 0.377 e. The molecular formula is C16H30N2O2. The Hall–Kier alpha value is -0.610. The van der Waals surface area contributed by atoms with E-state index >= 15 is 0 Å². The molecular weight excluding hydrogens is 252 g/mol. The molecule has 1 N–H and O–H groups in total. The Kier molecular flexibility index (Phi) is 5.85. The van der Waals surface area contributed by atoms with Crippen molar-refractivity contribution in [1.82, 2.24) is 10.2 Å². The molecule has 0 bridgehead atoms. The van der Waals surface area contributed by atoms with Crippen LogP contribution in [-0.2, 0) is 9.53 Å². The van der Waals surface area contributed by atoms with Crippen LogP contribution in [0.15, 0.2) is 0 Å². The van der Waals surface area contributed by atoms with Gasteiger partial charge in [-0.3, -0.25) is 4.79 Å². The van der Waals surface area contributed by atoms with Gasteiger partial charge in [-0.1, -0.05) is 13.3 Å². The van der Waals surface area contributed by atoms with Gasteiger partial charge < -0.3 is 15.0 Å². The summed E-state index contributed by atoms with van der Waals surface area (Å²) in [6.07, 6.45) is 6.66. The van der Waals surface area contributed by atoms with Crippen LogP contribution in [0.25, 0.3) is 0 Å². The quantitative estimate of drug-likeness (QED) is 0.840. The maximum Gasteiger partial charge on any atom is 0.230 e. The van der Waals surface area contributed by atoms with Crippen molar-refractivity contribution in [2.24, 2.45) is 5.41 Å². The molecule has 2 heterocycles. The van der Waals surface area contributed by atoms with Crippen LogP contribution in [0.3, 0.4) is 0 Å². The summed E-state index contributed by atoms with van der Waals surface area (Å²) in [6, 6.07) is 0. The number of carbonyl (C=O) groups is 1. The van der Waals surface area contributed by atoms with Gasteiger partial charge in [0, 0.05) is 26.2 Å². The second-order valence-corrected chi connectivity index (χ2v) is 6.28. The lowest BCUT2D eigenvalue weighted by Gasteiger charge is -2.42. The summed E-state index contributed by atoms with van der Waals surface area (Å²) >= 11 is 0. The van der Waals surface area contributed by atoms with Crippen LogP contribution in [0.2, 0.25) is 0 Å². The Bertz CT molecular complexity index is 306. The van der Waals surface area contributed by atoms with E-state index in [9.17, 15) is 4.79 Å². The van der Waals surface area contributed by atoms with Crippen LogP contribution in [0, 0.1) is 5.41 Å². The summed E-state index contributed by atoms with van der Waals surface area (Å²) in [5, 5.41) is 3.44. The number of nitrogens with zero attached hydrogens (tertiary/aromatic N) is 1. The van der Waals surface area contributed by atoms with E-state index in [1.807, 2.05) is 6.92 Å². The Balaban J connectivity index is 2.02. The summed E-state index contributed by atoms with van der Waals surface area (Å²) < 4.78 is 5.73. The molecule has 0 radical (unpaired) electrons. The normalized spacial score (nSPS) is 31.3. The molecule has 2 aliphatic rings. The molecule has 2 rings (SSSR count). The van der Waals surface area contributed by atoms with Crippen LogP contribution < -0.4 is 5.32 Å². The monoisotopic (exact) mass is 282 g/mol. The Labute approximate surface area is 123 Å². The highest BCUT2D eigenvalue weighted by Crippen LogP contribution is 2.34. The number of nitrogens with one attached hydrogen (secondary N) is 1. The van der Waals surface area contributed by atoms with Gasteiger partial charge in [0.05, 0.1) is 11.5 Å². The fourth-order valence-corrected chi connectivity index (χ4v) is 3.78. The minimum Gasteiger partial charge on any atom is -0.377 e. The molecule has 2 saturated heterocycles. The second kappa shape index (κ2) is 7.41. The molecule has 116 valence electrons. The zero-order chi connectivity index (χ0) is 14.4. The van der Waals surface area contributed by atoms with Crippen molar-refractivity contribution in [1.29, 1.82) is 0 Å². The van der Waals surface area contributed by atoms with E-state index in [2.05, 4.69) is 17.1 Å². The van der Waals surface area contributed by atoms with Crippen molar-refractivity contribution in [2.45, 2.75) is 58.5 Å². The van der Waals surface area contributed by atoms with Gasteiger partial charge in [-0.15, -0.1) is 0 Å². The van der Waals surface area contributed by atoms with Crippen LogP contribution in [-0.4, -0.2) is 49.7 Å². The Morgan fingerprint density at radius 2 is 2.25 bits per heavy atom. The molecule has 0 aliphatic carbocycles. The molecule has 1 amide bonds. The topological polar surface area (TPSA) is 41.6 Å². The molecule has 0 spiro atoms. The molecule has 2 atom stereocenters. The van der Waals surface area contributed by atoms with Crippen molar-refractivity contribution < 1.29 is 9.53 Å². The molecule has 2 aliphatic heterocycles. The highest BCUT2D eigenvalue weighted by atomic mass is 16.5. The summed E-state index contributed by atoms with van der Waals surface area (Å²) in [7, 11) is 0. The number of hydrogen-bond acceptors (Lipinski definition) is 3. The predicted octanol–water partition coefficient (Wildman–Crippen LogP) is 2.18. The van der Waals surface area contributed by atoms with Gasteiger partial charge in [0.2, 0.25) is 5.91 Å². The lowest BCUT2D eigenvalue weighted by atomic mass is 9.75. The van der Waals surface area contributed by atoms with E-state index in [0.29, 0.717) is 5.91 Å². The third-order valence-corrected chi connectivity index (χ3v) is 4.72. The first-order valence-electron chi connectivity index (χ1n) is 8.33. The lowest BCUT2D eigenvalue weighted by Crippen LogP contribution is -2.54. The average molecular weight is 282 g/mol. The van der Waals surface area contributed by atoms with E-state index in [-0.39, 0.29) is 11.5 Å².